The molecule has 29 heavy (non-hydrogen) atoms. The number of aromatic nitrogens is 4. The maximum atomic E-state index is 6.47. The molecular weight excluding hydrogens is 386 g/mol. The maximum Gasteiger partial charge on any atom is 0.135 e. The maximum absolute atomic E-state index is 6.47. The molecule has 150 valence electrons. The minimum Gasteiger partial charge on any atom is -0.383 e. The van der Waals surface area contributed by atoms with Gasteiger partial charge in [-0.1, -0.05) is 24.2 Å². The van der Waals surface area contributed by atoms with E-state index in [0.29, 0.717) is 40.0 Å². The molecule has 1 saturated carbocycles. The average Bonchev–Trinajstić information content (AvgIpc) is 3.48. The van der Waals surface area contributed by atoms with Crippen LogP contribution < -0.4 is 11.2 Å². The largest absolute Gasteiger partial charge is 0.383 e. The zero-order valence-corrected chi connectivity index (χ0v) is 17.3. The fraction of sp³-hybridized carbons (Fsp3) is 0.333. The van der Waals surface area contributed by atoms with E-state index in [1.807, 2.05) is 36.7 Å². The Labute approximate surface area is 174 Å². The molecule has 7 nitrogen and oxygen atoms in total. The van der Waals surface area contributed by atoms with Crippen molar-refractivity contribution in [3.8, 4) is 0 Å². The Balaban J connectivity index is 1.85. The van der Waals surface area contributed by atoms with Gasteiger partial charge in [-0.3, -0.25) is 15.1 Å². The molecule has 0 unspecified atom stereocenters. The first kappa shape index (κ1) is 19.4. The van der Waals surface area contributed by atoms with Crippen molar-refractivity contribution in [2.75, 3.05) is 5.73 Å². The van der Waals surface area contributed by atoms with Gasteiger partial charge in [-0.15, -0.1) is 0 Å². The molecule has 0 amide bonds. The Hall–Kier alpha value is -2.93. The van der Waals surface area contributed by atoms with Crippen LogP contribution in [0.4, 0.5) is 5.82 Å². The second kappa shape index (κ2) is 7.83. The minimum absolute atomic E-state index is 0.0936. The van der Waals surface area contributed by atoms with Gasteiger partial charge < -0.3 is 5.73 Å². The molecule has 0 aromatic carbocycles. The zero-order chi connectivity index (χ0) is 20.5. The SMILES string of the molecule is C=C(N/N=C(\Cc1ccccn1)c1nn(C(C)C)c2c(Cl)cnc(N)c12)C1CC1. The van der Waals surface area contributed by atoms with Gasteiger partial charge in [0.05, 0.1) is 27.8 Å². The lowest BCUT2D eigenvalue weighted by Gasteiger charge is -2.08. The van der Waals surface area contributed by atoms with Crippen molar-refractivity contribution >= 4 is 34.0 Å². The third kappa shape index (κ3) is 3.96. The summed E-state index contributed by atoms with van der Waals surface area (Å²) in [5.74, 6) is 0.863. The first-order valence-electron chi connectivity index (χ1n) is 9.69. The number of hydrogen-bond acceptors (Lipinski definition) is 6. The van der Waals surface area contributed by atoms with Gasteiger partial charge in [0.15, 0.2) is 0 Å². The number of nitrogens with two attached hydrogens (primary N) is 1. The fourth-order valence-electron chi connectivity index (χ4n) is 3.25. The summed E-state index contributed by atoms with van der Waals surface area (Å²) < 4.78 is 1.87. The molecular formula is C21H24ClN7. The number of hydrogen-bond donors (Lipinski definition) is 2. The van der Waals surface area contributed by atoms with Crippen LogP contribution in [0.2, 0.25) is 5.02 Å². The second-order valence-corrected chi connectivity index (χ2v) is 7.98. The molecule has 0 radical (unpaired) electrons. The van der Waals surface area contributed by atoms with Crippen molar-refractivity contribution in [2.45, 2.75) is 39.2 Å². The molecule has 3 N–H and O–H groups in total. The molecule has 1 aliphatic carbocycles. The van der Waals surface area contributed by atoms with Gasteiger partial charge in [0, 0.05) is 36.0 Å². The number of nitrogens with one attached hydrogen (secondary N) is 1. The number of nitrogens with zero attached hydrogens (tertiary/aromatic N) is 5. The van der Waals surface area contributed by atoms with Gasteiger partial charge in [-0.2, -0.15) is 10.2 Å². The Bertz CT molecular complexity index is 1080. The highest BCUT2D eigenvalue weighted by Gasteiger charge is 2.26. The normalized spacial score (nSPS) is 14.6. The summed E-state index contributed by atoms with van der Waals surface area (Å²) in [6, 6.07) is 5.89. The Morgan fingerprint density at radius 2 is 2.17 bits per heavy atom. The Kier molecular flexibility index (Phi) is 5.24. The van der Waals surface area contributed by atoms with Crippen LogP contribution in [0.25, 0.3) is 10.9 Å². The van der Waals surface area contributed by atoms with Crippen molar-refractivity contribution in [1.82, 2.24) is 25.2 Å². The molecule has 3 aromatic rings. The summed E-state index contributed by atoms with van der Waals surface area (Å²) >= 11 is 6.47. The number of rotatable bonds is 7. The molecule has 1 fully saturated rings. The highest BCUT2D eigenvalue weighted by atomic mass is 35.5. The van der Waals surface area contributed by atoms with Crippen LogP contribution in [0.5, 0.6) is 0 Å². The van der Waals surface area contributed by atoms with Crippen molar-refractivity contribution < 1.29 is 0 Å². The lowest BCUT2D eigenvalue weighted by molar-refractivity contribution is 0.549. The van der Waals surface area contributed by atoms with E-state index in [2.05, 4.69) is 27.1 Å². The first-order chi connectivity index (χ1) is 14.0. The van der Waals surface area contributed by atoms with Gasteiger partial charge in [0.2, 0.25) is 0 Å². The third-order valence-corrected chi connectivity index (χ3v) is 5.23. The van der Waals surface area contributed by atoms with E-state index in [-0.39, 0.29) is 6.04 Å². The van der Waals surface area contributed by atoms with E-state index >= 15 is 0 Å². The quantitative estimate of drug-likeness (QED) is 0.452. The molecule has 0 spiro atoms. The molecule has 4 rings (SSSR count). The van der Waals surface area contributed by atoms with Crippen LogP contribution in [0, 0.1) is 5.92 Å². The molecule has 8 heteroatoms. The summed E-state index contributed by atoms with van der Waals surface area (Å²) in [4.78, 5) is 8.69. The van der Waals surface area contributed by atoms with E-state index in [0.717, 1.165) is 29.7 Å². The number of pyridine rings is 2. The summed E-state index contributed by atoms with van der Waals surface area (Å²) in [6.45, 7) is 8.19. The van der Waals surface area contributed by atoms with Crippen LogP contribution in [-0.4, -0.2) is 25.5 Å². The number of halogens is 1. The van der Waals surface area contributed by atoms with Crippen molar-refractivity contribution in [2.24, 2.45) is 11.0 Å². The van der Waals surface area contributed by atoms with Gasteiger partial charge in [-0.25, -0.2) is 4.98 Å². The van der Waals surface area contributed by atoms with E-state index < -0.39 is 0 Å². The molecule has 0 saturated heterocycles. The van der Waals surface area contributed by atoms with E-state index in [1.165, 1.54) is 0 Å². The second-order valence-electron chi connectivity index (χ2n) is 7.57. The lowest BCUT2D eigenvalue weighted by atomic mass is 10.1. The Morgan fingerprint density at radius 3 is 2.83 bits per heavy atom. The van der Waals surface area contributed by atoms with Crippen molar-refractivity contribution in [3.05, 3.63) is 59.3 Å². The predicted octanol–water partition coefficient (Wildman–Crippen LogP) is 4.10. The predicted molar refractivity (Wildman–Crippen MR) is 117 cm³/mol. The van der Waals surface area contributed by atoms with Crippen LogP contribution in [-0.2, 0) is 6.42 Å². The van der Waals surface area contributed by atoms with E-state index in [4.69, 9.17) is 22.4 Å². The highest BCUT2D eigenvalue weighted by Crippen LogP contribution is 2.34. The lowest BCUT2D eigenvalue weighted by Crippen LogP contribution is -2.16. The van der Waals surface area contributed by atoms with Gasteiger partial charge >= 0.3 is 0 Å². The smallest absolute Gasteiger partial charge is 0.135 e. The summed E-state index contributed by atoms with van der Waals surface area (Å²) in [5.41, 5.74) is 13.3. The number of allylic oxidation sites excluding steroid dienone is 1. The van der Waals surface area contributed by atoms with Gasteiger partial charge in [-0.05, 0) is 38.8 Å². The molecule has 0 bridgehead atoms. The summed E-state index contributed by atoms with van der Waals surface area (Å²) in [6.07, 6.45) is 6.11. The standard InChI is InChI=1S/C21H24ClN7/c1-12(2)29-20-16(22)11-25-21(23)18(20)19(28-29)17(10-15-6-4-5-9-24-15)27-26-13(3)14-7-8-14/h4-6,9,11-12,14,26H,3,7-8,10H2,1-2H3,(H2,23,25)/b27-17+. The number of fused-ring (bicyclic) bond motifs is 1. The molecule has 3 heterocycles. The van der Waals surface area contributed by atoms with E-state index in [9.17, 15) is 0 Å². The van der Waals surface area contributed by atoms with Crippen LogP contribution in [0.3, 0.4) is 0 Å². The molecule has 1 aliphatic rings. The monoisotopic (exact) mass is 409 g/mol. The first-order valence-corrected chi connectivity index (χ1v) is 10.1. The number of hydrazone groups is 1. The van der Waals surface area contributed by atoms with Crippen molar-refractivity contribution in [3.63, 3.8) is 0 Å². The van der Waals surface area contributed by atoms with Crippen LogP contribution >= 0.6 is 11.6 Å². The summed E-state index contributed by atoms with van der Waals surface area (Å²) in [7, 11) is 0. The van der Waals surface area contributed by atoms with Crippen LogP contribution in [0.1, 0.15) is 44.1 Å². The van der Waals surface area contributed by atoms with Crippen LogP contribution in [0.15, 0.2) is 48.0 Å². The number of anilines is 1. The van der Waals surface area contributed by atoms with E-state index in [1.54, 1.807) is 12.4 Å². The molecule has 0 aliphatic heterocycles. The topological polar surface area (TPSA) is 94.0 Å². The fourth-order valence-corrected chi connectivity index (χ4v) is 3.48. The average molecular weight is 410 g/mol. The molecule has 3 aromatic heterocycles. The zero-order valence-electron chi connectivity index (χ0n) is 16.6. The number of nitrogen functional groups attached to an aromatic ring is 1. The summed E-state index contributed by atoms with van der Waals surface area (Å²) in [5, 5.41) is 10.7. The third-order valence-electron chi connectivity index (χ3n) is 4.95. The van der Waals surface area contributed by atoms with Crippen molar-refractivity contribution in [1.29, 1.82) is 0 Å². The van der Waals surface area contributed by atoms with Gasteiger partial charge in [0.1, 0.15) is 11.5 Å². The minimum atomic E-state index is 0.0936. The highest BCUT2D eigenvalue weighted by molar-refractivity contribution is 6.36. The molecule has 0 atom stereocenters. The Morgan fingerprint density at radius 1 is 1.38 bits per heavy atom. The van der Waals surface area contributed by atoms with Gasteiger partial charge in [0.25, 0.3) is 0 Å².